The second-order valence-electron chi connectivity index (χ2n) is 8.72. The maximum atomic E-state index is 12.1. The number of carbonyl (C=O) groups is 2. The fourth-order valence-electron chi connectivity index (χ4n) is 4.48. The van der Waals surface area contributed by atoms with E-state index < -0.39 is 0 Å². The highest BCUT2D eigenvalue weighted by Crippen LogP contribution is 2.26. The molecule has 2 heterocycles. The van der Waals surface area contributed by atoms with Crippen molar-refractivity contribution in [3.8, 4) is 11.8 Å². The minimum absolute atomic E-state index is 0.180. The Morgan fingerprint density at radius 3 is 2.40 bits per heavy atom. The van der Waals surface area contributed by atoms with Crippen molar-refractivity contribution in [2.45, 2.75) is 58.4 Å². The van der Waals surface area contributed by atoms with E-state index in [9.17, 15) is 9.59 Å². The minimum Gasteiger partial charge on any atom is -0.497 e. The van der Waals surface area contributed by atoms with Crippen LogP contribution in [-0.2, 0) is 19.1 Å². The predicted molar refractivity (Wildman–Crippen MR) is 131 cm³/mol. The molecule has 1 fully saturated rings. The van der Waals surface area contributed by atoms with E-state index in [2.05, 4.69) is 14.9 Å². The van der Waals surface area contributed by atoms with Crippen LogP contribution in [0.2, 0.25) is 0 Å². The average Bonchev–Trinajstić information content (AvgIpc) is 2.86. The normalized spacial score (nSPS) is 14.7. The Labute approximate surface area is 207 Å². The maximum Gasteiger partial charge on any atom is 0.316 e. The number of hydrogen-bond acceptors (Lipinski definition) is 9. The molecule has 192 valence electrons. The van der Waals surface area contributed by atoms with Gasteiger partial charge in [0.25, 0.3) is 0 Å². The molecule has 0 saturated carbocycles. The van der Waals surface area contributed by atoms with Crippen LogP contribution in [0.1, 0.15) is 52.4 Å². The zero-order chi connectivity index (χ0) is 25.0. The van der Waals surface area contributed by atoms with Crippen LogP contribution in [0.4, 0.5) is 0 Å². The molecule has 1 saturated heterocycles. The second-order valence-corrected chi connectivity index (χ2v) is 8.72. The smallest absolute Gasteiger partial charge is 0.316 e. The molecule has 0 spiro atoms. The molecule has 2 aromatic rings. The first-order valence-corrected chi connectivity index (χ1v) is 12.5. The van der Waals surface area contributed by atoms with Crippen LogP contribution in [0.15, 0.2) is 24.4 Å². The van der Waals surface area contributed by atoms with E-state index >= 15 is 0 Å². The molecule has 0 aliphatic carbocycles. The van der Waals surface area contributed by atoms with E-state index in [1.165, 1.54) is 0 Å². The summed E-state index contributed by atoms with van der Waals surface area (Å²) in [5.41, 5.74) is 0.793. The summed E-state index contributed by atoms with van der Waals surface area (Å²) in [5.74, 6) is 0.800. The van der Waals surface area contributed by atoms with E-state index in [1.54, 1.807) is 27.2 Å². The summed E-state index contributed by atoms with van der Waals surface area (Å²) in [6, 6.07) is 5.87. The molecule has 9 nitrogen and oxygen atoms in total. The number of likely N-dealkylation sites (tertiary alicyclic amines) is 1. The molecular formula is C26H37N3O6. The number of methoxy groups -OCH3 is 1. The second kappa shape index (κ2) is 13.8. The maximum absolute atomic E-state index is 12.1. The number of benzene rings is 1. The molecule has 1 aliphatic heterocycles. The highest BCUT2D eigenvalue weighted by Gasteiger charge is 2.29. The molecule has 9 heteroatoms. The first kappa shape index (κ1) is 26.7. The summed E-state index contributed by atoms with van der Waals surface area (Å²) in [5, 5.41) is 0.939. The van der Waals surface area contributed by atoms with Crippen molar-refractivity contribution in [3.05, 3.63) is 24.4 Å². The van der Waals surface area contributed by atoms with Crippen molar-refractivity contribution in [2.24, 2.45) is 5.92 Å². The van der Waals surface area contributed by atoms with Crippen molar-refractivity contribution in [1.82, 2.24) is 14.9 Å². The molecule has 0 bridgehead atoms. The first-order valence-electron chi connectivity index (χ1n) is 12.5. The number of nitrogens with zero attached hydrogens (tertiary/aromatic N) is 3. The Morgan fingerprint density at radius 1 is 1.09 bits per heavy atom. The summed E-state index contributed by atoms with van der Waals surface area (Å²) in [6.07, 6.45) is 6.19. The van der Waals surface area contributed by atoms with Gasteiger partial charge in [0.1, 0.15) is 5.75 Å². The summed E-state index contributed by atoms with van der Waals surface area (Å²) in [4.78, 5) is 35.1. The molecule has 0 N–H and O–H groups in total. The van der Waals surface area contributed by atoms with Gasteiger partial charge in [0, 0.05) is 23.7 Å². The molecule has 0 radical (unpaired) electrons. The highest BCUT2D eigenvalue weighted by atomic mass is 16.5. The lowest BCUT2D eigenvalue weighted by Gasteiger charge is -2.37. The molecule has 0 atom stereocenters. The van der Waals surface area contributed by atoms with Gasteiger partial charge in [-0.05, 0) is 70.7 Å². The topological polar surface area (TPSA) is 100 Å². The lowest BCUT2D eigenvalue weighted by atomic mass is 9.91. The summed E-state index contributed by atoms with van der Waals surface area (Å²) in [7, 11) is 1.63. The van der Waals surface area contributed by atoms with Crippen LogP contribution in [-0.4, -0.2) is 72.9 Å². The van der Waals surface area contributed by atoms with Crippen LogP contribution in [0.5, 0.6) is 11.8 Å². The lowest BCUT2D eigenvalue weighted by Crippen LogP contribution is -2.44. The zero-order valence-corrected chi connectivity index (χ0v) is 21.0. The van der Waals surface area contributed by atoms with Gasteiger partial charge in [-0.2, -0.15) is 4.98 Å². The molecule has 1 aromatic carbocycles. The Morgan fingerprint density at radius 2 is 1.77 bits per heavy atom. The first-order chi connectivity index (χ1) is 17.0. The summed E-state index contributed by atoms with van der Waals surface area (Å²) in [6.45, 7) is 6.52. The molecule has 35 heavy (non-hydrogen) atoms. The molecule has 0 amide bonds. The average molecular weight is 488 g/mol. The summed E-state index contributed by atoms with van der Waals surface area (Å²) < 4.78 is 21.3. The fraction of sp³-hybridized carbons (Fsp3) is 0.615. The van der Waals surface area contributed by atoms with Gasteiger partial charge in [-0.25, -0.2) is 4.98 Å². The van der Waals surface area contributed by atoms with Crippen molar-refractivity contribution < 1.29 is 28.5 Å². The van der Waals surface area contributed by atoms with Gasteiger partial charge in [-0.3, -0.25) is 14.5 Å². The van der Waals surface area contributed by atoms with Crippen molar-refractivity contribution in [3.63, 3.8) is 0 Å². The lowest BCUT2D eigenvalue weighted by molar-refractivity contribution is -0.147. The van der Waals surface area contributed by atoms with Crippen LogP contribution in [0.25, 0.3) is 10.9 Å². The standard InChI is InChI=1S/C26H37N3O6/c1-4-33-24(30)15-21(16-25(31)34-5-2)29-12-10-19(11-13-29)7-6-14-35-26-27-18-20-8-9-22(32-3)17-23(20)28-26/h8-9,17-19,21H,4-7,10-16H2,1-3H3. The zero-order valence-electron chi connectivity index (χ0n) is 21.0. The van der Waals surface area contributed by atoms with Gasteiger partial charge in [0.05, 0.1) is 45.3 Å². The number of piperidine rings is 1. The van der Waals surface area contributed by atoms with E-state index in [0.29, 0.717) is 31.7 Å². The number of ether oxygens (including phenoxy) is 4. The van der Waals surface area contributed by atoms with Crippen LogP contribution in [0.3, 0.4) is 0 Å². The van der Waals surface area contributed by atoms with Crippen molar-refractivity contribution in [2.75, 3.05) is 40.0 Å². The molecule has 3 rings (SSSR count). The monoisotopic (exact) mass is 487 g/mol. The molecule has 1 aromatic heterocycles. The van der Waals surface area contributed by atoms with Gasteiger partial charge in [-0.15, -0.1) is 0 Å². The van der Waals surface area contributed by atoms with Crippen LogP contribution < -0.4 is 9.47 Å². The van der Waals surface area contributed by atoms with Gasteiger partial charge < -0.3 is 18.9 Å². The number of esters is 2. The van der Waals surface area contributed by atoms with E-state index in [1.807, 2.05) is 18.2 Å². The van der Waals surface area contributed by atoms with Gasteiger partial charge in [0.2, 0.25) is 0 Å². The Kier molecular flexibility index (Phi) is 10.5. The number of fused-ring (bicyclic) bond motifs is 1. The number of aromatic nitrogens is 2. The van der Waals surface area contributed by atoms with Gasteiger partial charge in [0.15, 0.2) is 0 Å². The van der Waals surface area contributed by atoms with Gasteiger partial charge >= 0.3 is 17.9 Å². The number of carbonyl (C=O) groups excluding carboxylic acids is 2. The molecule has 0 unspecified atom stereocenters. The van der Waals surface area contributed by atoms with E-state index in [4.69, 9.17) is 18.9 Å². The quantitative estimate of drug-likeness (QED) is 0.309. The van der Waals surface area contributed by atoms with Crippen LogP contribution in [0, 0.1) is 5.92 Å². The SMILES string of the molecule is CCOC(=O)CC(CC(=O)OCC)N1CCC(CCCOc2ncc3ccc(OC)cc3n2)CC1. The number of rotatable bonds is 13. The van der Waals surface area contributed by atoms with E-state index in [0.717, 1.165) is 55.4 Å². The third kappa shape index (κ3) is 8.35. The van der Waals surface area contributed by atoms with Crippen molar-refractivity contribution in [1.29, 1.82) is 0 Å². The Balaban J connectivity index is 1.42. The fourth-order valence-corrected chi connectivity index (χ4v) is 4.48. The summed E-state index contributed by atoms with van der Waals surface area (Å²) >= 11 is 0. The third-order valence-corrected chi connectivity index (χ3v) is 6.34. The largest absolute Gasteiger partial charge is 0.497 e. The van der Waals surface area contributed by atoms with Crippen molar-refractivity contribution >= 4 is 22.8 Å². The highest BCUT2D eigenvalue weighted by molar-refractivity contribution is 5.79. The van der Waals surface area contributed by atoms with Crippen LogP contribution >= 0.6 is 0 Å². The Bertz CT molecular complexity index is 941. The Hall–Kier alpha value is -2.94. The molecule has 1 aliphatic rings. The number of hydrogen-bond donors (Lipinski definition) is 0. The predicted octanol–water partition coefficient (Wildman–Crippen LogP) is 3.78. The minimum atomic E-state index is -0.268. The van der Waals surface area contributed by atoms with Gasteiger partial charge in [-0.1, -0.05) is 0 Å². The molecular weight excluding hydrogens is 450 g/mol. The van der Waals surface area contributed by atoms with E-state index in [-0.39, 0.29) is 30.8 Å². The third-order valence-electron chi connectivity index (χ3n) is 6.34.